The normalized spacial score (nSPS) is 15.1. The average Bonchev–Trinajstić information content (AvgIpc) is 3.15. The van der Waals surface area contributed by atoms with Crippen LogP contribution in [0.5, 0.6) is 0 Å². The third-order valence-electron chi connectivity index (χ3n) is 3.24. The van der Waals surface area contributed by atoms with Crippen LogP contribution in [-0.2, 0) is 6.54 Å². The van der Waals surface area contributed by atoms with Crippen LogP contribution in [0.1, 0.15) is 15.4 Å². The maximum absolute atomic E-state index is 12.2. The van der Waals surface area contributed by atoms with Crippen molar-refractivity contribution in [1.82, 2.24) is 15.6 Å². The highest BCUT2D eigenvalue weighted by atomic mass is 32.1. The number of carbonyl (C=O) groups excluding carboxylic acids is 1. The van der Waals surface area contributed by atoms with Crippen LogP contribution < -0.4 is 21.3 Å². The van der Waals surface area contributed by atoms with Crippen molar-refractivity contribution < 1.29 is 9.21 Å². The smallest absolute Gasteiger partial charge is 0.265 e. The Hall–Kier alpha value is -2.06. The molecule has 0 radical (unpaired) electrons. The molecule has 0 unspecified atom stereocenters. The summed E-state index contributed by atoms with van der Waals surface area (Å²) in [7, 11) is 0. The van der Waals surface area contributed by atoms with Gasteiger partial charge in [0.25, 0.3) is 5.91 Å². The molecular formula is C13H17N5O2S. The highest BCUT2D eigenvalue weighted by Gasteiger charge is 2.20. The molecule has 3 heterocycles. The van der Waals surface area contributed by atoms with Crippen molar-refractivity contribution >= 4 is 28.2 Å². The van der Waals surface area contributed by atoms with Crippen LogP contribution >= 0.6 is 11.3 Å². The number of aromatic nitrogens is 1. The SMILES string of the molecule is Nc1nc(N2CCNCC2)sc1C(=O)NCc1ccco1. The van der Waals surface area contributed by atoms with Gasteiger partial charge >= 0.3 is 0 Å². The number of amides is 1. The first kappa shape index (κ1) is 13.9. The Morgan fingerprint density at radius 3 is 3.05 bits per heavy atom. The van der Waals surface area contributed by atoms with Crippen molar-refractivity contribution in [3.05, 3.63) is 29.0 Å². The van der Waals surface area contributed by atoms with E-state index < -0.39 is 0 Å². The van der Waals surface area contributed by atoms with Gasteiger partial charge in [0.1, 0.15) is 16.5 Å². The number of carbonyl (C=O) groups is 1. The number of hydrogen-bond donors (Lipinski definition) is 3. The molecule has 0 aliphatic carbocycles. The fourth-order valence-corrected chi connectivity index (χ4v) is 3.09. The molecule has 4 N–H and O–H groups in total. The molecule has 0 bridgehead atoms. The predicted octanol–water partition coefficient (Wildman–Crippen LogP) is 0.658. The molecule has 1 fully saturated rings. The third kappa shape index (κ3) is 3.17. The van der Waals surface area contributed by atoms with Crippen molar-refractivity contribution in [1.29, 1.82) is 0 Å². The van der Waals surface area contributed by atoms with E-state index in [4.69, 9.17) is 10.2 Å². The molecule has 0 atom stereocenters. The number of nitrogens with one attached hydrogen (secondary N) is 2. The van der Waals surface area contributed by atoms with E-state index in [1.807, 2.05) is 6.07 Å². The standard InChI is InChI=1S/C13H17N5O2S/c14-11-10(12(19)16-8-9-2-1-7-20-9)21-13(17-11)18-5-3-15-4-6-18/h1-2,7,15H,3-6,8,14H2,(H,16,19). The monoisotopic (exact) mass is 307 g/mol. The minimum Gasteiger partial charge on any atom is -0.467 e. The Morgan fingerprint density at radius 1 is 1.52 bits per heavy atom. The number of nitrogens with two attached hydrogens (primary N) is 1. The van der Waals surface area contributed by atoms with E-state index in [0.717, 1.165) is 31.3 Å². The number of thiazole rings is 1. The maximum Gasteiger partial charge on any atom is 0.265 e. The number of hydrogen-bond acceptors (Lipinski definition) is 7. The van der Waals surface area contributed by atoms with Crippen molar-refractivity contribution in [3.8, 4) is 0 Å². The molecule has 2 aromatic rings. The molecular weight excluding hydrogens is 290 g/mol. The lowest BCUT2D eigenvalue weighted by Crippen LogP contribution is -2.43. The van der Waals surface area contributed by atoms with Crippen LogP contribution in [0.15, 0.2) is 22.8 Å². The van der Waals surface area contributed by atoms with Crippen LogP contribution in [0.3, 0.4) is 0 Å². The lowest BCUT2D eigenvalue weighted by molar-refractivity contribution is 0.0953. The van der Waals surface area contributed by atoms with Gasteiger partial charge in [0.2, 0.25) is 0 Å². The first-order valence-corrected chi connectivity index (χ1v) is 7.58. The van der Waals surface area contributed by atoms with Crippen LogP contribution in [0.4, 0.5) is 10.9 Å². The van der Waals surface area contributed by atoms with Crippen molar-refractivity contribution in [2.24, 2.45) is 0 Å². The molecule has 0 aromatic carbocycles. The first-order valence-electron chi connectivity index (χ1n) is 6.76. The van der Waals surface area contributed by atoms with Gasteiger partial charge in [-0.3, -0.25) is 4.79 Å². The molecule has 0 saturated carbocycles. The summed E-state index contributed by atoms with van der Waals surface area (Å²) in [6.45, 7) is 3.92. The Kier molecular flexibility index (Phi) is 4.07. The van der Waals surface area contributed by atoms with Crippen LogP contribution in [-0.4, -0.2) is 37.1 Å². The van der Waals surface area contributed by atoms with E-state index in [1.165, 1.54) is 11.3 Å². The zero-order valence-corrected chi connectivity index (χ0v) is 12.3. The number of anilines is 2. The second-order valence-electron chi connectivity index (χ2n) is 4.71. The van der Waals surface area contributed by atoms with E-state index in [-0.39, 0.29) is 11.7 Å². The summed E-state index contributed by atoms with van der Waals surface area (Å²) in [6.07, 6.45) is 1.57. The quantitative estimate of drug-likeness (QED) is 0.768. The van der Waals surface area contributed by atoms with Gasteiger partial charge in [0.05, 0.1) is 12.8 Å². The topological polar surface area (TPSA) is 96.4 Å². The van der Waals surface area contributed by atoms with E-state index >= 15 is 0 Å². The molecule has 7 nitrogen and oxygen atoms in total. The fourth-order valence-electron chi connectivity index (χ4n) is 2.14. The molecule has 21 heavy (non-hydrogen) atoms. The zero-order valence-electron chi connectivity index (χ0n) is 11.5. The van der Waals surface area contributed by atoms with E-state index in [2.05, 4.69) is 20.5 Å². The first-order chi connectivity index (χ1) is 10.2. The Morgan fingerprint density at radius 2 is 2.33 bits per heavy atom. The fraction of sp³-hybridized carbons (Fsp3) is 0.385. The second kappa shape index (κ2) is 6.15. The third-order valence-corrected chi connectivity index (χ3v) is 4.37. The summed E-state index contributed by atoms with van der Waals surface area (Å²) < 4.78 is 5.18. The van der Waals surface area contributed by atoms with Gasteiger partial charge in [-0.25, -0.2) is 4.98 Å². The number of nitrogens with zero attached hydrogens (tertiary/aromatic N) is 2. The number of piperazine rings is 1. The molecule has 0 spiro atoms. The molecule has 112 valence electrons. The molecule has 1 saturated heterocycles. The van der Waals surface area contributed by atoms with Crippen molar-refractivity contribution in [2.45, 2.75) is 6.54 Å². The Balaban J connectivity index is 1.66. The van der Waals surface area contributed by atoms with E-state index in [9.17, 15) is 4.79 Å². The minimum atomic E-state index is -0.220. The molecule has 3 rings (SSSR count). The molecule has 8 heteroatoms. The van der Waals surface area contributed by atoms with Gasteiger partial charge < -0.3 is 25.7 Å². The predicted molar refractivity (Wildman–Crippen MR) is 81.5 cm³/mol. The van der Waals surface area contributed by atoms with E-state index in [1.54, 1.807) is 12.3 Å². The van der Waals surface area contributed by atoms with Crippen molar-refractivity contribution in [2.75, 3.05) is 36.8 Å². The largest absolute Gasteiger partial charge is 0.467 e. The Labute approximate surface area is 126 Å². The van der Waals surface area contributed by atoms with Gasteiger partial charge in [-0.15, -0.1) is 0 Å². The lowest BCUT2D eigenvalue weighted by atomic mass is 10.4. The van der Waals surface area contributed by atoms with Crippen molar-refractivity contribution in [3.63, 3.8) is 0 Å². The minimum absolute atomic E-state index is 0.220. The summed E-state index contributed by atoms with van der Waals surface area (Å²) in [6, 6.07) is 3.59. The van der Waals surface area contributed by atoms with Gasteiger partial charge in [-0.1, -0.05) is 11.3 Å². The van der Waals surface area contributed by atoms with Gasteiger partial charge in [-0.05, 0) is 12.1 Å². The lowest BCUT2D eigenvalue weighted by Gasteiger charge is -2.26. The second-order valence-corrected chi connectivity index (χ2v) is 5.69. The van der Waals surface area contributed by atoms with Gasteiger partial charge in [0.15, 0.2) is 5.13 Å². The average molecular weight is 307 g/mol. The number of furan rings is 1. The molecule has 1 aliphatic rings. The summed E-state index contributed by atoms with van der Waals surface area (Å²) >= 11 is 1.33. The molecule has 1 amide bonds. The van der Waals surface area contributed by atoms with Gasteiger partial charge in [-0.2, -0.15) is 0 Å². The molecule has 2 aromatic heterocycles. The summed E-state index contributed by atoms with van der Waals surface area (Å²) in [4.78, 5) is 19.1. The summed E-state index contributed by atoms with van der Waals surface area (Å²) in [5.41, 5.74) is 5.87. The van der Waals surface area contributed by atoms with Gasteiger partial charge in [0, 0.05) is 26.2 Å². The zero-order chi connectivity index (χ0) is 14.7. The van der Waals surface area contributed by atoms with Crippen LogP contribution in [0.2, 0.25) is 0 Å². The maximum atomic E-state index is 12.2. The summed E-state index contributed by atoms with van der Waals surface area (Å²) in [5, 5.41) is 6.87. The molecule has 1 aliphatic heterocycles. The number of rotatable bonds is 4. The number of nitrogen functional groups attached to an aromatic ring is 1. The van der Waals surface area contributed by atoms with Crippen LogP contribution in [0, 0.1) is 0 Å². The van der Waals surface area contributed by atoms with E-state index in [0.29, 0.717) is 17.2 Å². The highest BCUT2D eigenvalue weighted by Crippen LogP contribution is 2.28. The Bertz CT molecular complexity index is 604. The summed E-state index contributed by atoms with van der Waals surface area (Å²) in [5.74, 6) is 0.766. The highest BCUT2D eigenvalue weighted by molar-refractivity contribution is 7.18. The van der Waals surface area contributed by atoms with Crippen LogP contribution in [0.25, 0.3) is 0 Å².